The highest BCUT2D eigenvalue weighted by molar-refractivity contribution is 6.20. The summed E-state index contributed by atoms with van der Waals surface area (Å²) in [5, 5.41) is 12.5. The number of ketones is 1. The Morgan fingerprint density at radius 1 is 0.939 bits per heavy atom. The summed E-state index contributed by atoms with van der Waals surface area (Å²) in [5.41, 5.74) is 1.79. The van der Waals surface area contributed by atoms with Crippen LogP contribution in [-0.4, -0.2) is 37.9 Å². The fourth-order valence-electron chi connectivity index (χ4n) is 4.95. The number of aliphatic imine (C=N–C) groups is 2. The van der Waals surface area contributed by atoms with E-state index in [2.05, 4.69) is 32.7 Å². The molecule has 33 heavy (non-hydrogen) atoms. The molecule has 7 nitrogen and oxygen atoms in total. The molecule has 2 aromatic rings. The van der Waals surface area contributed by atoms with Gasteiger partial charge in [-0.1, -0.05) is 0 Å². The average Bonchev–Trinajstić information content (AvgIpc) is 3.57. The maximum absolute atomic E-state index is 13.6. The third-order valence-electron chi connectivity index (χ3n) is 6.71. The van der Waals surface area contributed by atoms with Gasteiger partial charge in [-0.2, -0.15) is 5.10 Å². The van der Waals surface area contributed by atoms with Gasteiger partial charge in [0, 0.05) is 28.2 Å². The minimum absolute atomic E-state index is 0.0905. The monoisotopic (exact) mass is 436 g/mol. The van der Waals surface area contributed by atoms with Crippen LogP contribution in [0.3, 0.4) is 0 Å². The zero-order chi connectivity index (χ0) is 22.8. The average molecular weight is 437 g/mol. The van der Waals surface area contributed by atoms with E-state index in [1.807, 2.05) is 75.6 Å². The molecule has 0 saturated carbocycles. The molecule has 3 N–H and O–H groups in total. The Balaban J connectivity index is 1.63. The first-order valence-corrected chi connectivity index (χ1v) is 11.0. The maximum Gasteiger partial charge on any atom is 0.173 e. The standard InChI is InChI=1S/C26H24N6O/c1-24(2)22-13-26(16-14-27-28-15-16)9-8-20(31-26)11-19-5-4-17(29-19)10-18-6-7-21(30-18)12-25(3,32-22)23(24)33/h4-15,29,32H,1-3H3,(H,27,28). The number of nitrogens with zero attached hydrogens (tertiary/aromatic N) is 3. The van der Waals surface area contributed by atoms with Gasteiger partial charge in [0.2, 0.25) is 0 Å². The van der Waals surface area contributed by atoms with Gasteiger partial charge in [0.25, 0.3) is 0 Å². The van der Waals surface area contributed by atoms with Gasteiger partial charge in [-0.15, -0.1) is 0 Å². The van der Waals surface area contributed by atoms with E-state index in [1.54, 1.807) is 6.20 Å². The van der Waals surface area contributed by atoms with Crippen LogP contribution >= 0.6 is 0 Å². The minimum Gasteiger partial charge on any atom is -0.373 e. The third-order valence-corrected chi connectivity index (χ3v) is 6.71. The molecule has 6 rings (SSSR count). The summed E-state index contributed by atoms with van der Waals surface area (Å²) in [5.74, 6) is 0.0905. The molecule has 7 heteroatoms. The van der Waals surface area contributed by atoms with Gasteiger partial charge < -0.3 is 10.3 Å². The van der Waals surface area contributed by atoms with Crippen LogP contribution in [0.1, 0.15) is 26.3 Å². The first kappa shape index (κ1) is 19.7. The van der Waals surface area contributed by atoms with E-state index in [1.165, 1.54) is 0 Å². The third kappa shape index (κ3) is 3.03. The van der Waals surface area contributed by atoms with Crippen molar-refractivity contribution < 1.29 is 4.79 Å². The molecular formula is C26H24N6O. The molecule has 4 aliphatic heterocycles. The number of rotatable bonds is 1. The Labute approximate surface area is 190 Å². The van der Waals surface area contributed by atoms with Gasteiger partial charge in [-0.05, 0) is 81.5 Å². The van der Waals surface area contributed by atoms with Crippen LogP contribution < -0.4 is 16.0 Å². The number of Topliss-reactive ketones (excluding diaryl/α,β-unsaturated/α-hetero) is 1. The normalized spacial score (nSPS) is 29.0. The number of H-pyrrole nitrogens is 2. The van der Waals surface area contributed by atoms with Crippen LogP contribution in [0.25, 0.3) is 12.2 Å². The molecule has 6 heterocycles. The molecule has 1 fully saturated rings. The highest BCUT2D eigenvalue weighted by Gasteiger charge is 2.52. The predicted octanol–water partition coefficient (Wildman–Crippen LogP) is 1.95. The van der Waals surface area contributed by atoms with E-state index in [0.717, 1.165) is 39.1 Å². The first-order chi connectivity index (χ1) is 15.8. The van der Waals surface area contributed by atoms with Gasteiger partial charge in [-0.3, -0.25) is 14.9 Å². The van der Waals surface area contributed by atoms with Crippen LogP contribution in [0, 0.1) is 5.41 Å². The topological polar surface area (TPSA) is 98.3 Å². The summed E-state index contributed by atoms with van der Waals surface area (Å²) in [4.78, 5) is 26.8. The number of carbonyl (C=O) groups excluding carboxylic acids is 1. The SMILES string of the molecule is CC12C=C3C=CC(=N3)C=c3ccc([nH]3)=CC3=NC(c4cn[nH]c4)(C=C3)C=C(N1)C(C)(C)C2=O. The van der Waals surface area contributed by atoms with Gasteiger partial charge in [0.05, 0.1) is 28.7 Å². The number of carbonyl (C=O) groups is 1. The molecule has 2 aromatic heterocycles. The molecular weight excluding hydrogens is 412 g/mol. The van der Waals surface area contributed by atoms with Crippen molar-refractivity contribution in [3.05, 3.63) is 88.6 Å². The van der Waals surface area contributed by atoms with Crippen molar-refractivity contribution in [2.45, 2.75) is 31.8 Å². The van der Waals surface area contributed by atoms with Crippen molar-refractivity contribution in [2.24, 2.45) is 15.4 Å². The second kappa shape index (κ2) is 6.51. The molecule has 2 unspecified atom stereocenters. The number of hydrogen-bond acceptors (Lipinski definition) is 5. The molecule has 4 aliphatic rings. The van der Waals surface area contributed by atoms with Gasteiger partial charge >= 0.3 is 0 Å². The molecule has 0 radical (unpaired) electrons. The van der Waals surface area contributed by atoms with Gasteiger partial charge in [-0.25, -0.2) is 4.99 Å². The van der Waals surface area contributed by atoms with Gasteiger partial charge in [0.1, 0.15) is 11.1 Å². The number of allylic oxidation sites excluding steroid dienone is 4. The molecule has 0 aromatic carbocycles. The maximum atomic E-state index is 13.6. The lowest BCUT2D eigenvalue weighted by Gasteiger charge is -2.24. The molecule has 2 atom stereocenters. The summed E-state index contributed by atoms with van der Waals surface area (Å²) < 4.78 is 0. The Morgan fingerprint density at radius 2 is 1.73 bits per heavy atom. The van der Waals surface area contributed by atoms with E-state index in [4.69, 9.17) is 9.98 Å². The van der Waals surface area contributed by atoms with Crippen LogP contribution in [0.4, 0.5) is 0 Å². The van der Waals surface area contributed by atoms with E-state index in [9.17, 15) is 4.79 Å². The smallest absolute Gasteiger partial charge is 0.173 e. The number of aromatic amines is 2. The Bertz CT molecular complexity index is 1490. The highest BCUT2D eigenvalue weighted by Crippen LogP contribution is 2.43. The molecule has 8 bridgehead atoms. The van der Waals surface area contributed by atoms with Crippen molar-refractivity contribution in [1.82, 2.24) is 20.5 Å². The number of aromatic nitrogens is 3. The lowest BCUT2D eigenvalue weighted by Crippen LogP contribution is -2.41. The number of nitrogens with one attached hydrogen (secondary N) is 3. The zero-order valence-electron chi connectivity index (χ0n) is 18.7. The molecule has 0 spiro atoms. The Kier molecular flexibility index (Phi) is 3.88. The fraction of sp³-hybridized carbons (Fsp3) is 0.231. The van der Waals surface area contributed by atoms with E-state index < -0.39 is 16.5 Å². The van der Waals surface area contributed by atoms with Crippen molar-refractivity contribution in [3.8, 4) is 0 Å². The molecule has 0 aliphatic carbocycles. The van der Waals surface area contributed by atoms with Gasteiger partial charge in [0.15, 0.2) is 5.78 Å². The van der Waals surface area contributed by atoms with Crippen molar-refractivity contribution in [1.29, 1.82) is 0 Å². The zero-order valence-corrected chi connectivity index (χ0v) is 18.7. The summed E-state index contributed by atoms with van der Waals surface area (Å²) in [7, 11) is 0. The van der Waals surface area contributed by atoms with Crippen LogP contribution in [0.5, 0.6) is 0 Å². The minimum atomic E-state index is -0.886. The fourth-order valence-corrected chi connectivity index (χ4v) is 4.95. The lowest BCUT2D eigenvalue weighted by molar-refractivity contribution is -0.126. The van der Waals surface area contributed by atoms with E-state index in [0.29, 0.717) is 0 Å². The van der Waals surface area contributed by atoms with Crippen LogP contribution in [0.15, 0.2) is 82.4 Å². The Hall–Kier alpha value is -4.00. The largest absolute Gasteiger partial charge is 0.373 e. The molecule has 1 saturated heterocycles. The molecule has 0 amide bonds. The summed E-state index contributed by atoms with van der Waals surface area (Å²) in [6.45, 7) is 5.82. The summed E-state index contributed by atoms with van der Waals surface area (Å²) >= 11 is 0. The second-order valence-electron chi connectivity index (χ2n) is 9.62. The number of hydrogen-bond donors (Lipinski definition) is 3. The van der Waals surface area contributed by atoms with E-state index in [-0.39, 0.29) is 5.78 Å². The quantitative estimate of drug-likeness (QED) is 0.637. The second-order valence-corrected chi connectivity index (χ2v) is 9.62. The van der Waals surface area contributed by atoms with Crippen molar-refractivity contribution in [3.63, 3.8) is 0 Å². The summed E-state index contributed by atoms with van der Waals surface area (Å²) in [6, 6.07) is 4.04. The van der Waals surface area contributed by atoms with Crippen LogP contribution in [0.2, 0.25) is 0 Å². The number of fused-ring (bicyclic) bond motifs is 6. The predicted molar refractivity (Wildman–Crippen MR) is 129 cm³/mol. The summed E-state index contributed by atoms with van der Waals surface area (Å²) in [6.07, 6.45) is 19.6. The lowest BCUT2D eigenvalue weighted by atomic mass is 9.79. The van der Waals surface area contributed by atoms with E-state index >= 15 is 0 Å². The van der Waals surface area contributed by atoms with Crippen molar-refractivity contribution in [2.75, 3.05) is 0 Å². The first-order valence-electron chi connectivity index (χ1n) is 11.0. The molecule has 164 valence electrons. The Morgan fingerprint density at radius 3 is 2.48 bits per heavy atom. The van der Waals surface area contributed by atoms with Crippen molar-refractivity contribution >= 4 is 29.4 Å². The highest BCUT2D eigenvalue weighted by atomic mass is 16.1. The van der Waals surface area contributed by atoms with Crippen LogP contribution in [-0.2, 0) is 10.3 Å².